The number of nitrogens with zero attached hydrogens (tertiary/aromatic N) is 1. The zero-order chi connectivity index (χ0) is 23.1. The van der Waals surface area contributed by atoms with E-state index < -0.39 is 0 Å². The summed E-state index contributed by atoms with van der Waals surface area (Å²) in [5.41, 5.74) is 4.51. The van der Waals surface area contributed by atoms with Crippen molar-refractivity contribution in [3.8, 4) is 11.5 Å². The SMILES string of the molecule is CCOc1cc(/C=N\NC(=O)c2ccc(Cl)cc2)c(Br)cc1OCc1ccc(Cl)c(Cl)c1. The predicted octanol–water partition coefficient (Wildman–Crippen LogP) is 7.15. The molecular formula is C23H18BrCl3N2O3. The summed E-state index contributed by atoms with van der Waals surface area (Å²) in [4.78, 5) is 12.2. The van der Waals surface area contributed by atoms with Crippen LogP contribution in [-0.4, -0.2) is 18.7 Å². The molecule has 3 rings (SSSR count). The van der Waals surface area contributed by atoms with Crippen LogP contribution in [-0.2, 0) is 6.61 Å². The highest BCUT2D eigenvalue weighted by atomic mass is 79.9. The van der Waals surface area contributed by atoms with E-state index in [0.717, 1.165) is 10.0 Å². The van der Waals surface area contributed by atoms with Gasteiger partial charge in [-0.25, -0.2) is 5.43 Å². The van der Waals surface area contributed by atoms with Crippen LogP contribution in [0.15, 0.2) is 64.2 Å². The van der Waals surface area contributed by atoms with Gasteiger partial charge in [-0.3, -0.25) is 4.79 Å². The average Bonchev–Trinajstić information content (AvgIpc) is 2.77. The van der Waals surface area contributed by atoms with Crippen molar-refractivity contribution in [2.75, 3.05) is 6.61 Å². The molecule has 9 heteroatoms. The lowest BCUT2D eigenvalue weighted by atomic mass is 10.2. The highest BCUT2D eigenvalue weighted by molar-refractivity contribution is 9.10. The van der Waals surface area contributed by atoms with Crippen LogP contribution >= 0.6 is 50.7 Å². The minimum atomic E-state index is -0.347. The van der Waals surface area contributed by atoms with Gasteiger partial charge in [0.1, 0.15) is 6.61 Å². The van der Waals surface area contributed by atoms with Crippen LogP contribution in [0.2, 0.25) is 15.1 Å². The Morgan fingerprint density at radius 3 is 2.41 bits per heavy atom. The van der Waals surface area contributed by atoms with Crippen LogP contribution in [0.25, 0.3) is 0 Å². The molecule has 0 aliphatic rings. The van der Waals surface area contributed by atoms with E-state index in [2.05, 4.69) is 26.5 Å². The summed E-state index contributed by atoms with van der Waals surface area (Å²) in [5.74, 6) is 0.744. The molecule has 1 amide bonds. The van der Waals surface area contributed by atoms with E-state index in [9.17, 15) is 4.79 Å². The molecule has 0 heterocycles. The molecule has 166 valence electrons. The Morgan fingerprint density at radius 1 is 1.00 bits per heavy atom. The largest absolute Gasteiger partial charge is 0.490 e. The Hall–Kier alpha value is -2.25. The standard InChI is InChI=1S/C23H18BrCl3N2O3/c1-2-31-21-10-16(12-28-29-23(30)15-4-6-17(25)7-5-15)18(24)11-22(21)32-13-14-3-8-19(26)20(27)9-14/h3-12H,2,13H2,1H3,(H,29,30)/b28-12-. The molecule has 0 atom stereocenters. The molecule has 0 spiro atoms. The predicted molar refractivity (Wildman–Crippen MR) is 133 cm³/mol. The lowest BCUT2D eigenvalue weighted by molar-refractivity contribution is 0.0955. The van der Waals surface area contributed by atoms with E-state index in [1.807, 2.05) is 13.0 Å². The van der Waals surface area contributed by atoms with Gasteiger partial charge in [-0.2, -0.15) is 5.10 Å². The van der Waals surface area contributed by atoms with Gasteiger partial charge < -0.3 is 9.47 Å². The third-order valence-corrected chi connectivity index (χ3v) is 5.90. The molecule has 32 heavy (non-hydrogen) atoms. The maximum absolute atomic E-state index is 12.2. The highest BCUT2D eigenvalue weighted by Gasteiger charge is 2.11. The first-order chi connectivity index (χ1) is 15.4. The van der Waals surface area contributed by atoms with Crippen molar-refractivity contribution >= 4 is 62.9 Å². The van der Waals surface area contributed by atoms with Crippen LogP contribution in [0.5, 0.6) is 11.5 Å². The third kappa shape index (κ3) is 6.62. The van der Waals surface area contributed by atoms with Gasteiger partial charge in [0.05, 0.1) is 22.9 Å². The number of hydrogen-bond donors (Lipinski definition) is 1. The lowest BCUT2D eigenvalue weighted by Gasteiger charge is -2.14. The molecule has 0 aromatic heterocycles. The van der Waals surface area contributed by atoms with Crippen molar-refractivity contribution in [3.63, 3.8) is 0 Å². The first kappa shape index (κ1) is 24.4. The molecule has 0 aliphatic heterocycles. The second-order valence-electron chi connectivity index (χ2n) is 6.50. The molecule has 0 fully saturated rings. The summed E-state index contributed by atoms with van der Waals surface area (Å²) < 4.78 is 12.4. The van der Waals surface area contributed by atoms with Gasteiger partial charge in [-0.1, -0.05) is 40.9 Å². The quantitative estimate of drug-likeness (QED) is 0.237. The maximum Gasteiger partial charge on any atom is 0.271 e. The van der Waals surface area contributed by atoms with Crippen LogP contribution < -0.4 is 14.9 Å². The number of hydrazone groups is 1. The molecular weight excluding hydrogens is 539 g/mol. The fourth-order valence-corrected chi connectivity index (χ4v) is 3.52. The molecule has 1 N–H and O–H groups in total. The number of carbonyl (C=O) groups excluding carboxylic acids is 1. The molecule has 0 unspecified atom stereocenters. The number of halogens is 4. The van der Waals surface area contributed by atoms with Gasteiger partial charge in [0, 0.05) is 20.6 Å². The topological polar surface area (TPSA) is 59.9 Å². The second-order valence-corrected chi connectivity index (χ2v) is 8.60. The third-order valence-electron chi connectivity index (χ3n) is 4.22. The van der Waals surface area contributed by atoms with Crippen molar-refractivity contribution in [2.24, 2.45) is 5.10 Å². The Labute approximate surface area is 209 Å². The summed E-state index contributed by atoms with van der Waals surface area (Å²) in [6.45, 7) is 2.62. The zero-order valence-electron chi connectivity index (χ0n) is 16.9. The van der Waals surface area contributed by atoms with Crippen LogP contribution in [0.4, 0.5) is 0 Å². The highest BCUT2D eigenvalue weighted by Crippen LogP contribution is 2.34. The Bertz CT molecular complexity index is 1140. The molecule has 5 nitrogen and oxygen atoms in total. The van der Waals surface area contributed by atoms with Crippen molar-refractivity contribution in [1.29, 1.82) is 0 Å². The van der Waals surface area contributed by atoms with Gasteiger partial charge in [0.15, 0.2) is 11.5 Å². The number of rotatable bonds is 8. The number of carbonyl (C=O) groups is 1. The molecule has 0 saturated heterocycles. The van der Waals surface area contributed by atoms with E-state index in [4.69, 9.17) is 44.3 Å². The van der Waals surface area contributed by atoms with Crippen molar-refractivity contribution in [2.45, 2.75) is 13.5 Å². The van der Waals surface area contributed by atoms with E-state index in [1.54, 1.807) is 48.5 Å². The number of hydrogen-bond acceptors (Lipinski definition) is 4. The Kier molecular flexibility index (Phi) is 8.82. The molecule has 0 saturated carbocycles. The van der Waals surface area contributed by atoms with Crippen LogP contribution in [0.3, 0.4) is 0 Å². The number of benzene rings is 3. The minimum absolute atomic E-state index is 0.286. The van der Waals surface area contributed by atoms with Crippen LogP contribution in [0.1, 0.15) is 28.4 Å². The van der Waals surface area contributed by atoms with Gasteiger partial charge in [0.2, 0.25) is 0 Å². The first-order valence-electron chi connectivity index (χ1n) is 9.49. The maximum atomic E-state index is 12.2. The molecule has 3 aromatic rings. The van der Waals surface area contributed by atoms with E-state index >= 15 is 0 Å². The van der Waals surface area contributed by atoms with E-state index in [-0.39, 0.29) is 12.5 Å². The van der Waals surface area contributed by atoms with Gasteiger partial charge in [-0.05, 0) is 76.9 Å². The summed E-state index contributed by atoms with van der Waals surface area (Å²) in [6.07, 6.45) is 1.52. The average molecular weight is 557 g/mol. The van der Waals surface area contributed by atoms with Crippen molar-refractivity contribution in [3.05, 3.63) is 90.8 Å². The number of amides is 1. The monoisotopic (exact) mass is 554 g/mol. The van der Waals surface area contributed by atoms with E-state index in [0.29, 0.717) is 44.3 Å². The molecule has 0 bridgehead atoms. The second kappa shape index (κ2) is 11.6. The Balaban J connectivity index is 1.72. The summed E-state index contributed by atoms with van der Waals surface area (Å²) >= 11 is 21.4. The molecule has 0 radical (unpaired) electrons. The fourth-order valence-electron chi connectivity index (χ4n) is 2.65. The Morgan fingerprint density at radius 2 is 1.72 bits per heavy atom. The first-order valence-corrected chi connectivity index (χ1v) is 11.4. The van der Waals surface area contributed by atoms with Gasteiger partial charge in [-0.15, -0.1) is 0 Å². The zero-order valence-corrected chi connectivity index (χ0v) is 20.7. The lowest BCUT2D eigenvalue weighted by Crippen LogP contribution is -2.17. The molecule has 0 aliphatic carbocycles. The smallest absolute Gasteiger partial charge is 0.271 e. The van der Waals surface area contributed by atoms with E-state index in [1.165, 1.54) is 6.21 Å². The van der Waals surface area contributed by atoms with Crippen molar-refractivity contribution in [1.82, 2.24) is 5.43 Å². The van der Waals surface area contributed by atoms with Crippen molar-refractivity contribution < 1.29 is 14.3 Å². The molecule has 3 aromatic carbocycles. The summed E-state index contributed by atoms with van der Waals surface area (Å²) in [6, 6.07) is 15.4. The summed E-state index contributed by atoms with van der Waals surface area (Å²) in [5, 5.41) is 5.54. The normalized spacial score (nSPS) is 10.9. The summed E-state index contributed by atoms with van der Waals surface area (Å²) in [7, 11) is 0. The van der Waals surface area contributed by atoms with Gasteiger partial charge >= 0.3 is 0 Å². The van der Waals surface area contributed by atoms with Gasteiger partial charge in [0.25, 0.3) is 5.91 Å². The number of nitrogens with one attached hydrogen (secondary N) is 1. The van der Waals surface area contributed by atoms with Crippen LogP contribution in [0, 0.1) is 0 Å². The number of ether oxygens (including phenoxy) is 2. The fraction of sp³-hybridized carbons (Fsp3) is 0.130. The minimum Gasteiger partial charge on any atom is -0.490 e.